The molecule has 1 aliphatic rings. The van der Waals surface area contributed by atoms with Gasteiger partial charge >= 0.3 is 0 Å². The highest BCUT2D eigenvalue weighted by molar-refractivity contribution is 7.10. The molecule has 0 unspecified atom stereocenters. The van der Waals surface area contributed by atoms with E-state index in [-0.39, 0.29) is 6.04 Å². The second-order valence-corrected chi connectivity index (χ2v) is 11.6. The summed E-state index contributed by atoms with van der Waals surface area (Å²) in [6.45, 7) is 4.13. The molecule has 2 atom stereocenters. The van der Waals surface area contributed by atoms with E-state index < -0.39 is 5.44 Å². The van der Waals surface area contributed by atoms with E-state index in [1.165, 1.54) is 0 Å². The van der Waals surface area contributed by atoms with Gasteiger partial charge in [-0.25, -0.2) is 9.67 Å². The van der Waals surface area contributed by atoms with E-state index in [1.807, 2.05) is 53.6 Å². The van der Waals surface area contributed by atoms with Crippen molar-refractivity contribution >= 4 is 53.1 Å². The molecule has 1 aliphatic carbocycles. The van der Waals surface area contributed by atoms with Gasteiger partial charge in [0.1, 0.15) is 19.6 Å². The molecule has 40 heavy (non-hydrogen) atoms. The predicted octanol–water partition coefficient (Wildman–Crippen LogP) is 5.96. The highest BCUT2D eigenvalue weighted by atomic mass is 35.5. The lowest BCUT2D eigenvalue weighted by Crippen LogP contribution is -2.37. The Hall–Kier alpha value is -3.94. The number of aromatic nitrogens is 5. The van der Waals surface area contributed by atoms with Crippen LogP contribution in [0.3, 0.4) is 0 Å². The van der Waals surface area contributed by atoms with E-state index in [2.05, 4.69) is 63.9 Å². The van der Waals surface area contributed by atoms with Crippen molar-refractivity contribution in [3.05, 3.63) is 92.8 Å². The van der Waals surface area contributed by atoms with Crippen LogP contribution in [-0.2, 0) is 5.44 Å². The van der Waals surface area contributed by atoms with Gasteiger partial charge in [0.2, 0.25) is 0 Å². The monoisotopic (exact) mass is 566 g/mol. The molecule has 3 aromatic heterocycles. The van der Waals surface area contributed by atoms with E-state index in [4.69, 9.17) is 11.6 Å². The third kappa shape index (κ3) is 4.80. The van der Waals surface area contributed by atoms with Crippen molar-refractivity contribution in [2.24, 2.45) is 0 Å². The maximum Gasteiger partial charge on any atom is 0.149 e. The topological polar surface area (TPSA) is 104 Å². The first-order valence-corrected chi connectivity index (χ1v) is 14.6. The van der Waals surface area contributed by atoms with Crippen LogP contribution in [0.15, 0.2) is 60.4 Å². The molecule has 2 aromatic carbocycles. The van der Waals surface area contributed by atoms with Crippen molar-refractivity contribution in [3.63, 3.8) is 0 Å². The summed E-state index contributed by atoms with van der Waals surface area (Å²) >= 11 is 8.43. The molecule has 2 N–H and O–H groups in total. The number of nitriles is 1. The molecule has 0 saturated heterocycles. The number of nitrogens with one attached hydrogen (secondary N) is 2. The van der Waals surface area contributed by atoms with Gasteiger partial charge in [0.15, 0.2) is 0 Å². The first-order valence-electron chi connectivity index (χ1n) is 13.4. The molecule has 1 saturated carbocycles. The molecule has 0 amide bonds. The van der Waals surface area contributed by atoms with Gasteiger partial charge in [-0.05, 0) is 43.9 Å². The molecule has 200 valence electrons. The Morgan fingerprint density at radius 1 is 1.25 bits per heavy atom. The summed E-state index contributed by atoms with van der Waals surface area (Å²) in [5.74, 6) is 0. The van der Waals surface area contributed by atoms with Gasteiger partial charge < -0.3 is 10.6 Å². The van der Waals surface area contributed by atoms with E-state index in [0.717, 1.165) is 52.2 Å². The molecule has 6 rings (SSSR count). The first-order chi connectivity index (χ1) is 19.4. The molecule has 0 spiro atoms. The third-order valence-electron chi connectivity index (χ3n) is 7.51. The average Bonchev–Trinajstić information content (AvgIpc) is 3.51. The fraction of sp³-hybridized carbons (Fsp3) is 0.276. The largest absolute Gasteiger partial charge is 0.377 e. The highest BCUT2D eigenvalue weighted by Gasteiger charge is 2.37. The standard InChI is InChI=1S/C29H28BClN8S/c1-3-24(18-7-5-4-6-8-18)35-26-19(13-32)14-33-27-22(26)11-20(12-23(27)31)36-29(30,28-17(2)34-16-40-28)25-15-39(38-37-25)21-9-10-21/h4-8,11-12,14-16,21,24,36H,3,9-10,30H2,1-2H3,(H,33,35)/t24-,29-/m1/s1. The van der Waals surface area contributed by atoms with Crippen LogP contribution in [0.2, 0.25) is 5.02 Å². The maximum absolute atomic E-state index is 10.0. The number of hydrogen-bond donors (Lipinski definition) is 2. The summed E-state index contributed by atoms with van der Waals surface area (Å²) < 4.78 is 1.96. The van der Waals surface area contributed by atoms with Crippen LogP contribution >= 0.6 is 22.9 Å². The smallest absolute Gasteiger partial charge is 0.149 e. The quantitative estimate of drug-likeness (QED) is 0.212. The number of pyridine rings is 1. The molecule has 0 radical (unpaired) electrons. The Morgan fingerprint density at radius 3 is 2.73 bits per heavy atom. The van der Waals surface area contributed by atoms with Crippen LogP contribution in [0, 0.1) is 18.3 Å². The normalized spacial score (nSPS) is 15.3. The Kier molecular flexibility index (Phi) is 6.94. The van der Waals surface area contributed by atoms with Crippen LogP contribution < -0.4 is 10.6 Å². The van der Waals surface area contributed by atoms with Crippen molar-refractivity contribution in [1.82, 2.24) is 25.0 Å². The number of rotatable bonds is 9. The summed E-state index contributed by atoms with van der Waals surface area (Å²) in [6.07, 6.45) is 6.70. The van der Waals surface area contributed by atoms with Crippen LogP contribution in [0.4, 0.5) is 11.4 Å². The third-order valence-corrected chi connectivity index (χ3v) is 8.95. The van der Waals surface area contributed by atoms with Crippen molar-refractivity contribution in [3.8, 4) is 6.07 Å². The minimum Gasteiger partial charge on any atom is -0.377 e. The van der Waals surface area contributed by atoms with Crippen LogP contribution in [0.25, 0.3) is 10.9 Å². The van der Waals surface area contributed by atoms with Crippen molar-refractivity contribution < 1.29 is 0 Å². The van der Waals surface area contributed by atoms with Crippen molar-refractivity contribution in [2.75, 3.05) is 10.6 Å². The molecular weight excluding hydrogens is 539 g/mol. The van der Waals surface area contributed by atoms with Gasteiger partial charge in [0.05, 0.1) is 56.7 Å². The molecule has 8 nitrogen and oxygen atoms in total. The molecule has 0 bridgehead atoms. The zero-order valence-corrected chi connectivity index (χ0v) is 24.1. The summed E-state index contributed by atoms with van der Waals surface area (Å²) in [4.78, 5) is 10.1. The summed E-state index contributed by atoms with van der Waals surface area (Å²) in [7, 11) is 2.10. The second kappa shape index (κ2) is 10.6. The number of anilines is 2. The van der Waals surface area contributed by atoms with Crippen LogP contribution in [0.1, 0.15) is 65.7 Å². The van der Waals surface area contributed by atoms with Gasteiger partial charge in [-0.1, -0.05) is 54.1 Å². The Morgan fingerprint density at radius 2 is 2.05 bits per heavy atom. The predicted molar refractivity (Wildman–Crippen MR) is 163 cm³/mol. The Labute approximate surface area is 242 Å². The SMILES string of the molecule is B[C@@](Nc1cc(Cl)c2ncc(C#N)c(N[C@H](CC)c3ccccc3)c2c1)(c1cn(C2CC2)nn1)c1scnc1C. The molecule has 11 heteroatoms. The Bertz CT molecular complexity index is 1730. The second-order valence-electron chi connectivity index (χ2n) is 10.4. The molecule has 0 aliphatic heterocycles. The first kappa shape index (κ1) is 26.3. The number of hydrogen-bond acceptors (Lipinski definition) is 8. The lowest BCUT2D eigenvalue weighted by molar-refractivity contribution is 0.610. The summed E-state index contributed by atoms with van der Waals surface area (Å²) in [5.41, 5.74) is 6.60. The number of fused-ring (bicyclic) bond motifs is 1. The number of thiazole rings is 1. The fourth-order valence-electron chi connectivity index (χ4n) is 5.18. The van der Waals surface area contributed by atoms with E-state index in [1.54, 1.807) is 17.5 Å². The number of halogens is 1. The minimum atomic E-state index is -0.709. The fourth-order valence-corrected chi connectivity index (χ4v) is 6.38. The average molecular weight is 567 g/mol. The van der Waals surface area contributed by atoms with E-state index >= 15 is 0 Å². The van der Waals surface area contributed by atoms with Gasteiger partial charge in [-0.2, -0.15) is 5.26 Å². The molecular formula is C29H28BClN8S. The van der Waals surface area contributed by atoms with Gasteiger partial charge in [-0.15, -0.1) is 16.4 Å². The number of benzene rings is 2. The van der Waals surface area contributed by atoms with Crippen LogP contribution in [-0.4, -0.2) is 32.8 Å². The summed E-state index contributed by atoms with van der Waals surface area (Å²) in [6, 6.07) is 16.9. The van der Waals surface area contributed by atoms with Gasteiger partial charge in [-0.3, -0.25) is 4.98 Å². The number of nitrogens with zero attached hydrogens (tertiary/aromatic N) is 6. The van der Waals surface area contributed by atoms with Gasteiger partial charge in [0.25, 0.3) is 0 Å². The maximum atomic E-state index is 10.0. The zero-order chi connectivity index (χ0) is 27.9. The lowest BCUT2D eigenvalue weighted by Gasteiger charge is -2.30. The van der Waals surface area contributed by atoms with Gasteiger partial charge in [0, 0.05) is 22.1 Å². The van der Waals surface area contributed by atoms with Crippen molar-refractivity contribution in [2.45, 2.75) is 50.6 Å². The molecule has 3 heterocycles. The number of aryl methyl sites for hydroxylation is 1. The molecule has 1 fully saturated rings. The van der Waals surface area contributed by atoms with Crippen molar-refractivity contribution in [1.29, 1.82) is 5.26 Å². The van der Waals surface area contributed by atoms with E-state index in [9.17, 15) is 5.26 Å². The highest BCUT2D eigenvalue weighted by Crippen LogP contribution is 2.40. The minimum absolute atomic E-state index is 0.0110. The zero-order valence-electron chi connectivity index (χ0n) is 22.5. The Balaban J connectivity index is 1.46. The molecule has 5 aromatic rings. The lowest BCUT2D eigenvalue weighted by atomic mass is 9.73. The van der Waals surface area contributed by atoms with Crippen LogP contribution in [0.5, 0.6) is 0 Å². The summed E-state index contributed by atoms with van der Waals surface area (Å²) in [5, 5.41) is 27.6. The van der Waals surface area contributed by atoms with E-state index in [0.29, 0.717) is 27.8 Å².